The summed E-state index contributed by atoms with van der Waals surface area (Å²) >= 11 is 0. The lowest BCUT2D eigenvalue weighted by molar-refractivity contribution is -0.146. The fourth-order valence-electron chi connectivity index (χ4n) is 2.97. The first-order valence-corrected chi connectivity index (χ1v) is 6.08. The van der Waals surface area contributed by atoms with Crippen LogP contribution in [-0.2, 0) is 14.3 Å². The van der Waals surface area contributed by atoms with E-state index < -0.39 is 0 Å². The van der Waals surface area contributed by atoms with E-state index in [0.29, 0.717) is 25.9 Å². The Morgan fingerprint density at radius 3 is 3.19 bits per heavy atom. The standard InChI is InChI=1S/C12H19NO3/c1-2-16-11(15)8-12-5-3-4-9(13-12)6-10(14)7-12/h9,13H,2-8H2,1H3. The molecule has 2 saturated heterocycles. The Bertz CT molecular complexity index is 303. The fraction of sp³-hybridized carbons (Fsp3) is 0.833. The quantitative estimate of drug-likeness (QED) is 0.733. The van der Waals surface area contributed by atoms with E-state index in [1.165, 1.54) is 0 Å². The second kappa shape index (κ2) is 4.53. The topological polar surface area (TPSA) is 55.4 Å². The number of piperidine rings is 2. The molecule has 1 N–H and O–H groups in total. The molecule has 2 unspecified atom stereocenters. The summed E-state index contributed by atoms with van der Waals surface area (Å²) in [5.41, 5.74) is -0.301. The second-order valence-corrected chi connectivity index (χ2v) is 4.92. The third-order valence-corrected chi connectivity index (χ3v) is 3.52. The highest BCUT2D eigenvalue weighted by molar-refractivity contribution is 5.83. The van der Waals surface area contributed by atoms with Gasteiger partial charge in [0.15, 0.2) is 0 Å². The van der Waals surface area contributed by atoms with E-state index in [-0.39, 0.29) is 23.3 Å². The van der Waals surface area contributed by atoms with Crippen molar-refractivity contribution < 1.29 is 14.3 Å². The molecule has 0 amide bonds. The number of Topliss-reactive ketones (excluding diaryl/α,β-unsaturated/α-hetero) is 1. The Balaban J connectivity index is 2.03. The van der Waals surface area contributed by atoms with Gasteiger partial charge < -0.3 is 10.1 Å². The lowest BCUT2D eigenvalue weighted by atomic mass is 9.74. The van der Waals surface area contributed by atoms with Crippen LogP contribution in [0.4, 0.5) is 0 Å². The van der Waals surface area contributed by atoms with Crippen LogP contribution < -0.4 is 5.32 Å². The number of fused-ring (bicyclic) bond motifs is 2. The Labute approximate surface area is 95.7 Å². The van der Waals surface area contributed by atoms with Crippen molar-refractivity contribution in [1.29, 1.82) is 0 Å². The van der Waals surface area contributed by atoms with Gasteiger partial charge in [-0.3, -0.25) is 9.59 Å². The molecule has 2 fully saturated rings. The highest BCUT2D eigenvalue weighted by atomic mass is 16.5. The van der Waals surface area contributed by atoms with Crippen LogP contribution in [0.2, 0.25) is 0 Å². The van der Waals surface area contributed by atoms with E-state index >= 15 is 0 Å². The molecule has 2 heterocycles. The Morgan fingerprint density at radius 1 is 1.62 bits per heavy atom. The third kappa shape index (κ3) is 2.43. The zero-order valence-electron chi connectivity index (χ0n) is 9.75. The van der Waals surface area contributed by atoms with E-state index in [2.05, 4.69) is 5.32 Å². The maximum Gasteiger partial charge on any atom is 0.307 e. The lowest BCUT2D eigenvalue weighted by Gasteiger charge is -2.45. The first kappa shape index (κ1) is 11.6. The van der Waals surface area contributed by atoms with Crippen molar-refractivity contribution in [2.24, 2.45) is 0 Å². The molecule has 2 atom stereocenters. The smallest absolute Gasteiger partial charge is 0.307 e. The molecule has 0 aromatic heterocycles. The molecule has 2 aliphatic heterocycles. The highest BCUT2D eigenvalue weighted by Gasteiger charge is 2.43. The number of hydrogen-bond acceptors (Lipinski definition) is 4. The first-order valence-electron chi connectivity index (χ1n) is 6.08. The van der Waals surface area contributed by atoms with Gasteiger partial charge >= 0.3 is 5.97 Å². The molecule has 4 heteroatoms. The molecule has 0 aliphatic carbocycles. The molecule has 0 radical (unpaired) electrons. The number of carbonyl (C=O) groups excluding carboxylic acids is 2. The minimum absolute atomic E-state index is 0.189. The lowest BCUT2D eigenvalue weighted by Crippen LogP contribution is -2.59. The van der Waals surface area contributed by atoms with Gasteiger partial charge in [-0.15, -0.1) is 0 Å². The number of hydrogen-bond donors (Lipinski definition) is 1. The van der Waals surface area contributed by atoms with Crippen LogP contribution in [0.3, 0.4) is 0 Å². The van der Waals surface area contributed by atoms with Crippen molar-refractivity contribution in [2.45, 2.75) is 57.0 Å². The van der Waals surface area contributed by atoms with Gasteiger partial charge in [0.1, 0.15) is 5.78 Å². The van der Waals surface area contributed by atoms with E-state index in [9.17, 15) is 9.59 Å². The SMILES string of the molecule is CCOC(=O)CC12CCCC(CC(=O)C1)N2. The number of rotatable bonds is 3. The van der Waals surface area contributed by atoms with Crippen LogP contribution >= 0.6 is 0 Å². The Kier molecular flexibility index (Phi) is 3.28. The van der Waals surface area contributed by atoms with Crippen LogP contribution in [0.15, 0.2) is 0 Å². The van der Waals surface area contributed by atoms with Crippen LogP contribution in [0.1, 0.15) is 45.4 Å². The van der Waals surface area contributed by atoms with Crippen molar-refractivity contribution >= 4 is 11.8 Å². The van der Waals surface area contributed by atoms with Gasteiger partial charge in [0.25, 0.3) is 0 Å². The van der Waals surface area contributed by atoms with Gasteiger partial charge in [0, 0.05) is 24.4 Å². The molecular formula is C12H19NO3. The van der Waals surface area contributed by atoms with Crippen molar-refractivity contribution in [2.75, 3.05) is 6.61 Å². The van der Waals surface area contributed by atoms with E-state index in [1.54, 1.807) is 6.92 Å². The summed E-state index contributed by atoms with van der Waals surface area (Å²) in [6, 6.07) is 0.282. The van der Waals surface area contributed by atoms with E-state index in [4.69, 9.17) is 4.74 Å². The summed E-state index contributed by atoms with van der Waals surface area (Å²) in [5.74, 6) is 0.0955. The molecule has 0 spiro atoms. The average molecular weight is 225 g/mol. The predicted molar refractivity (Wildman–Crippen MR) is 59.0 cm³/mol. The molecule has 2 aliphatic rings. The van der Waals surface area contributed by atoms with Crippen molar-refractivity contribution in [3.63, 3.8) is 0 Å². The molecule has 2 bridgehead atoms. The first-order chi connectivity index (χ1) is 7.63. The largest absolute Gasteiger partial charge is 0.466 e. The molecule has 4 nitrogen and oxygen atoms in total. The van der Waals surface area contributed by atoms with Crippen LogP contribution in [0.25, 0.3) is 0 Å². The van der Waals surface area contributed by atoms with E-state index in [1.807, 2.05) is 0 Å². The average Bonchev–Trinajstić information content (AvgIpc) is 2.15. The summed E-state index contributed by atoms with van der Waals surface area (Å²) in [6.07, 6.45) is 4.52. The molecule has 0 aromatic carbocycles. The summed E-state index contributed by atoms with van der Waals surface area (Å²) < 4.78 is 4.98. The van der Waals surface area contributed by atoms with Crippen molar-refractivity contribution in [3.8, 4) is 0 Å². The number of nitrogens with one attached hydrogen (secondary N) is 1. The summed E-state index contributed by atoms with van der Waals surface area (Å²) in [7, 11) is 0. The normalized spacial score (nSPS) is 33.6. The summed E-state index contributed by atoms with van der Waals surface area (Å²) in [5, 5.41) is 3.46. The molecule has 0 saturated carbocycles. The van der Waals surface area contributed by atoms with Crippen LogP contribution in [0, 0.1) is 0 Å². The minimum atomic E-state index is -0.301. The third-order valence-electron chi connectivity index (χ3n) is 3.52. The number of esters is 1. The predicted octanol–water partition coefficient (Wildman–Crippen LogP) is 1.18. The van der Waals surface area contributed by atoms with Gasteiger partial charge in [-0.1, -0.05) is 6.42 Å². The monoisotopic (exact) mass is 225 g/mol. The van der Waals surface area contributed by atoms with Gasteiger partial charge in [-0.2, -0.15) is 0 Å². The Hall–Kier alpha value is -0.900. The maximum absolute atomic E-state index is 11.6. The van der Waals surface area contributed by atoms with Gasteiger partial charge in [0.05, 0.1) is 13.0 Å². The zero-order chi connectivity index (χ0) is 11.6. The highest BCUT2D eigenvalue weighted by Crippen LogP contribution is 2.34. The molecule has 0 aromatic rings. The molecule has 2 rings (SSSR count). The van der Waals surface area contributed by atoms with Gasteiger partial charge in [0.2, 0.25) is 0 Å². The number of ether oxygens (including phenoxy) is 1. The number of carbonyl (C=O) groups is 2. The maximum atomic E-state index is 11.6. The second-order valence-electron chi connectivity index (χ2n) is 4.92. The summed E-state index contributed by atoms with van der Waals surface area (Å²) in [4.78, 5) is 23.2. The van der Waals surface area contributed by atoms with Gasteiger partial charge in [-0.25, -0.2) is 0 Å². The van der Waals surface area contributed by atoms with Crippen molar-refractivity contribution in [1.82, 2.24) is 5.32 Å². The fourth-order valence-corrected chi connectivity index (χ4v) is 2.97. The van der Waals surface area contributed by atoms with Crippen LogP contribution in [0.5, 0.6) is 0 Å². The Morgan fingerprint density at radius 2 is 2.44 bits per heavy atom. The minimum Gasteiger partial charge on any atom is -0.466 e. The molecular weight excluding hydrogens is 206 g/mol. The zero-order valence-corrected chi connectivity index (χ0v) is 9.75. The number of ketones is 1. The van der Waals surface area contributed by atoms with Crippen molar-refractivity contribution in [3.05, 3.63) is 0 Å². The molecule has 90 valence electrons. The molecule has 16 heavy (non-hydrogen) atoms. The van der Waals surface area contributed by atoms with Crippen LogP contribution in [-0.4, -0.2) is 29.9 Å². The van der Waals surface area contributed by atoms with E-state index in [0.717, 1.165) is 19.3 Å². The summed E-state index contributed by atoms with van der Waals surface area (Å²) in [6.45, 7) is 2.21. The van der Waals surface area contributed by atoms with Gasteiger partial charge in [-0.05, 0) is 19.8 Å².